The van der Waals surface area contributed by atoms with Gasteiger partial charge in [0.25, 0.3) is 0 Å². The third kappa shape index (κ3) is 5.51. The molecule has 0 spiro atoms. The number of carbonyl (C=O) groups excluding carboxylic acids is 1. The normalized spacial score (nSPS) is 26.5. The molecule has 0 unspecified atom stereocenters. The maximum atomic E-state index is 15.7. The number of nitrogens with zero attached hydrogens (tertiary/aromatic N) is 1. The van der Waals surface area contributed by atoms with Gasteiger partial charge in [-0.3, -0.25) is 4.79 Å². The molecule has 4 rings (SSSR count). The fourth-order valence-corrected chi connectivity index (χ4v) is 6.14. The van der Waals surface area contributed by atoms with Gasteiger partial charge in [-0.1, -0.05) is 48.3 Å². The lowest BCUT2D eigenvalue weighted by Crippen LogP contribution is -2.52. The maximum absolute atomic E-state index is 15.7. The number of aliphatic hydroxyl groups excluding tert-OH is 2. The van der Waals surface area contributed by atoms with E-state index < -0.39 is 53.7 Å². The molecular formula is C28H31Cl2F2N3O4. The highest BCUT2D eigenvalue weighted by atomic mass is 35.5. The zero-order chi connectivity index (χ0) is 28.4. The summed E-state index contributed by atoms with van der Waals surface area (Å²) >= 11 is 12.2. The van der Waals surface area contributed by atoms with Crippen molar-refractivity contribution in [2.75, 3.05) is 26.4 Å². The molecule has 5 atom stereocenters. The molecule has 0 radical (unpaired) electrons. The molecule has 0 bridgehead atoms. The van der Waals surface area contributed by atoms with Gasteiger partial charge in [0.15, 0.2) is 0 Å². The number of aliphatic hydroxyl groups is 2. The minimum absolute atomic E-state index is 0.000601. The van der Waals surface area contributed by atoms with Crippen LogP contribution in [0.25, 0.3) is 0 Å². The summed E-state index contributed by atoms with van der Waals surface area (Å²) in [7, 11) is 0. The third-order valence-corrected chi connectivity index (χ3v) is 8.63. The van der Waals surface area contributed by atoms with Crippen LogP contribution in [0.1, 0.15) is 43.2 Å². The van der Waals surface area contributed by atoms with Crippen molar-refractivity contribution < 1.29 is 28.5 Å². The van der Waals surface area contributed by atoms with E-state index in [0.717, 1.165) is 12.5 Å². The van der Waals surface area contributed by atoms with Crippen molar-refractivity contribution in [2.45, 2.75) is 55.7 Å². The third-order valence-electron chi connectivity index (χ3n) is 8.11. The SMILES string of the molecule is CCC1(C[C@@H]2N[C@@H](C(=O)NCC[C@H](O)CO)[C@H](c3cccc(Cl)c3F)[C@@]2(C#N)c2ccc(Cl)cc2F)COC1. The number of nitrogens with one attached hydrogen (secondary N) is 2. The summed E-state index contributed by atoms with van der Waals surface area (Å²) in [5.41, 5.74) is -2.05. The van der Waals surface area contributed by atoms with E-state index in [-0.39, 0.29) is 39.6 Å². The van der Waals surface area contributed by atoms with E-state index in [4.69, 9.17) is 33.0 Å². The lowest BCUT2D eigenvalue weighted by molar-refractivity contribution is -0.126. The van der Waals surface area contributed by atoms with E-state index in [1.807, 2.05) is 6.92 Å². The van der Waals surface area contributed by atoms with Gasteiger partial charge < -0.3 is 25.6 Å². The molecule has 1 amide bonds. The van der Waals surface area contributed by atoms with Crippen molar-refractivity contribution >= 4 is 29.1 Å². The first-order valence-electron chi connectivity index (χ1n) is 12.8. The molecule has 11 heteroatoms. The Morgan fingerprint density at radius 3 is 2.64 bits per heavy atom. The quantitative estimate of drug-likeness (QED) is 0.339. The summed E-state index contributed by atoms with van der Waals surface area (Å²) in [4.78, 5) is 13.6. The number of nitriles is 1. The van der Waals surface area contributed by atoms with Crippen LogP contribution in [0.2, 0.25) is 10.0 Å². The number of amides is 1. The average Bonchev–Trinajstić information content (AvgIpc) is 3.21. The van der Waals surface area contributed by atoms with E-state index in [0.29, 0.717) is 19.6 Å². The molecule has 39 heavy (non-hydrogen) atoms. The summed E-state index contributed by atoms with van der Waals surface area (Å²) in [6.07, 6.45) is 0.146. The van der Waals surface area contributed by atoms with Gasteiger partial charge in [0.2, 0.25) is 5.91 Å². The number of benzene rings is 2. The number of carbonyl (C=O) groups is 1. The molecule has 2 aliphatic rings. The first-order valence-corrected chi connectivity index (χ1v) is 13.6. The Hall–Kier alpha value is -2.32. The summed E-state index contributed by atoms with van der Waals surface area (Å²) in [5, 5.41) is 35.6. The van der Waals surface area contributed by atoms with Gasteiger partial charge in [0.1, 0.15) is 17.0 Å². The Labute approximate surface area is 236 Å². The van der Waals surface area contributed by atoms with Crippen LogP contribution >= 0.6 is 23.2 Å². The Bertz CT molecular complexity index is 1250. The molecule has 0 aromatic heterocycles. The van der Waals surface area contributed by atoms with Crippen LogP contribution in [0, 0.1) is 28.4 Å². The number of ether oxygens (including phenoxy) is 1. The first-order chi connectivity index (χ1) is 18.6. The van der Waals surface area contributed by atoms with Crippen molar-refractivity contribution in [3.05, 3.63) is 69.2 Å². The van der Waals surface area contributed by atoms with Crippen molar-refractivity contribution in [1.29, 1.82) is 5.26 Å². The highest BCUT2D eigenvalue weighted by molar-refractivity contribution is 6.31. The van der Waals surface area contributed by atoms with Crippen LogP contribution in [0.4, 0.5) is 8.78 Å². The van der Waals surface area contributed by atoms with E-state index in [2.05, 4.69) is 16.7 Å². The van der Waals surface area contributed by atoms with E-state index in [9.17, 15) is 15.2 Å². The van der Waals surface area contributed by atoms with Crippen LogP contribution in [0.15, 0.2) is 36.4 Å². The zero-order valence-electron chi connectivity index (χ0n) is 21.4. The first kappa shape index (κ1) is 29.7. The van der Waals surface area contributed by atoms with E-state index in [1.54, 1.807) is 0 Å². The fraction of sp³-hybridized carbons (Fsp3) is 0.500. The summed E-state index contributed by atoms with van der Waals surface area (Å²) < 4.78 is 36.8. The fourth-order valence-electron chi connectivity index (χ4n) is 5.80. The predicted octanol–water partition coefficient (Wildman–Crippen LogP) is 3.83. The predicted molar refractivity (Wildman–Crippen MR) is 142 cm³/mol. The van der Waals surface area contributed by atoms with Crippen molar-refractivity contribution in [3.63, 3.8) is 0 Å². The molecule has 210 valence electrons. The molecular weight excluding hydrogens is 551 g/mol. The molecule has 2 saturated heterocycles. The van der Waals surface area contributed by atoms with Crippen molar-refractivity contribution in [1.82, 2.24) is 10.6 Å². The second-order valence-electron chi connectivity index (χ2n) is 10.4. The minimum atomic E-state index is -1.73. The molecule has 2 aliphatic heterocycles. The number of hydrogen-bond acceptors (Lipinski definition) is 6. The summed E-state index contributed by atoms with van der Waals surface area (Å²) in [6.45, 7) is 2.44. The second kappa shape index (κ2) is 12.0. The topological polar surface area (TPSA) is 115 Å². The Balaban J connectivity index is 1.89. The van der Waals surface area contributed by atoms with Gasteiger partial charge in [-0.25, -0.2) is 8.78 Å². The van der Waals surface area contributed by atoms with E-state index >= 15 is 8.78 Å². The van der Waals surface area contributed by atoms with Gasteiger partial charge in [-0.2, -0.15) is 5.26 Å². The second-order valence-corrected chi connectivity index (χ2v) is 11.2. The van der Waals surface area contributed by atoms with Gasteiger partial charge in [-0.05, 0) is 43.0 Å². The van der Waals surface area contributed by atoms with Gasteiger partial charge >= 0.3 is 0 Å². The molecule has 2 fully saturated rings. The van der Waals surface area contributed by atoms with Crippen molar-refractivity contribution in [2.24, 2.45) is 5.41 Å². The van der Waals surface area contributed by atoms with Crippen molar-refractivity contribution in [3.8, 4) is 6.07 Å². The largest absolute Gasteiger partial charge is 0.394 e. The van der Waals surface area contributed by atoms with Crippen LogP contribution < -0.4 is 10.6 Å². The summed E-state index contributed by atoms with van der Waals surface area (Å²) in [6, 6.07) is 8.70. The van der Waals surface area contributed by atoms with Crippen LogP contribution in [-0.2, 0) is 14.9 Å². The molecule has 0 saturated carbocycles. The van der Waals surface area contributed by atoms with Gasteiger partial charge in [0, 0.05) is 34.5 Å². The molecule has 7 nitrogen and oxygen atoms in total. The average molecular weight is 582 g/mol. The molecule has 0 aliphatic carbocycles. The zero-order valence-corrected chi connectivity index (χ0v) is 22.9. The monoisotopic (exact) mass is 581 g/mol. The lowest BCUT2D eigenvalue weighted by atomic mass is 9.61. The Kier molecular flexibility index (Phi) is 9.16. The number of halogens is 4. The summed E-state index contributed by atoms with van der Waals surface area (Å²) in [5.74, 6) is -3.28. The van der Waals surface area contributed by atoms with Gasteiger partial charge in [0.05, 0.1) is 43.1 Å². The number of rotatable bonds is 10. The Morgan fingerprint density at radius 1 is 1.31 bits per heavy atom. The van der Waals surface area contributed by atoms with Crippen LogP contribution in [-0.4, -0.2) is 60.7 Å². The van der Waals surface area contributed by atoms with E-state index in [1.165, 1.54) is 30.3 Å². The highest BCUT2D eigenvalue weighted by Gasteiger charge is 2.62. The standard InChI is InChI=1S/C28H31Cl2F2N3O4/c1-2-27(14-39-15-27)11-22-28(13-33,19-7-6-16(29)10-21(19)31)23(18-4-3-5-20(30)24(18)32)25(35-22)26(38)34-9-8-17(37)12-36/h3-7,10,17,22-23,25,35-37H,2,8-9,11-12,14-15H2,1H3,(H,34,38)/t17-,22-,23-,25+,28-/m0/s1. The maximum Gasteiger partial charge on any atom is 0.237 e. The number of hydrogen-bond donors (Lipinski definition) is 4. The molecule has 4 N–H and O–H groups in total. The highest BCUT2D eigenvalue weighted by Crippen LogP contribution is 2.54. The molecule has 2 heterocycles. The smallest absolute Gasteiger partial charge is 0.237 e. The minimum Gasteiger partial charge on any atom is -0.394 e. The van der Waals surface area contributed by atoms with Crippen LogP contribution in [0.3, 0.4) is 0 Å². The van der Waals surface area contributed by atoms with Gasteiger partial charge in [-0.15, -0.1) is 0 Å². The lowest BCUT2D eigenvalue weighted by Gasteiger charge is -2.45. The molecule has 2 aromatic rings. The molecule has 2 aromatic carbocycles. The van der Waals surface area contributed by atoms with Crippen LogP contribution in [0.5, 0.6) is 0 Å². The Morgan fingerprint density at radius 2 is 2.05 bits per heavy atom.